The topological polar surface area (TPSA) is 34.1 Å². The molecule has 0 amide bonds. The number of ketones is 2. The first kappa shape index (κ1) is 12.0. The Labute approximate surface area is 104 Å². The van der Waals surface area contributed by atoms with Crippen LogP contribution in [-0.4, -0.2) is 23.1 Å². The molecule has 0 spiro atoms. The molecule has 0 aromatic carbocycles. The van der Waals surface area contributed by atoms with E-state index in [1.807, 2.05) is 20.8 Å². The summed E-state index contributed by atoms with van der Waals surface area (Å²) < 4.78 is 0. The number of thioether (sulfide) groups is 2. The summed E-state index contributed by atoms with van der Waals surface area (Å²) in [5.74, 6) is 1.90. The van der Waals surface area contributed by atoms with E-state index >= 15 is 0 Å². The molecular formula is C12H14O2S2. The fourth-order valence-corrected chi connectivity index (χ4v) is 4.04. The predicted octanol–water partition coefficient (Wildman–Crippen LogP) is 2.80. The summed E-state index contributed by atoms with van der Waals surface area (Å²) in [6.45, 7) is 5.91. The molecule has 0 aromatic heterocycles. The fraction of sp³-hybridized carbons (Fsp3) is 0.500. The van der Waals surface area contributed by atoms with Gasteiger partial charge in [0.05, 0.1) is 9.81 Å². The second-order valence-corrected chi connectivity index (χ2v) is 7.07. The first-order chi connectivity index (χ1) is 7.41. The molecule has 2 nitrogen and oxygen atoms in total. The van der Waals surface area contributed by atoms with Crippen molar-refractivity contribution in [3.8, 4) is 0 Å². The van der Waals surface area contributed by atoms with Gasteiger partial charge >= 0.3 is 0 Å². The van der Waals surface area contributed by atoms with Crippen LogP contribution >= 0.6 is 23.5 Å². The number of carbonyl (C=O) groups excluding carboxylic acids is 2. The van der Waals surface area contributed by atoms with Crippen LogP contribution in [0.5, 0.6) is 0 Å². The van der Waals surface area contributed by atoms with Gasteiger partial charge in [0.2, 0.25) is 0 Å². The van der Waals surface area contributed by atoms with Crippen molar-refractivity contribution >= 4 is 35.1 Å². The Hall–Kier alpha value is -0.480. The van der Waals surface area contributed by atoms with Gasteiger partial charge in [-0.05, 0) is 11.5 Å². The smallest absolute Gasteiger partial charge is 0.197 e. The molecule has 1 aliphatic carbocycles. The van der Waals surface area contributed by atoms with Gasteiger partial charge in [0.15, 0.2) is 11.6 Å². The van der Waals surface area contributed by atoms with Gasteiger partial charge in [0.25, 0.3) is 0 Å². The molecule has 0 saturated heterocycles. The summed E-state index contributed by atoms with van der Waals surface area (Å²) in [7, 11) is 0. The number of hydrogen-bond donors (Lipinski definition) is 0. The third kappa shape index (κ3) is 2.00. The summed E-state index contributed by atoms with van der Waals surface area (Å²) in [5, 5.41) is 0. The van der Waals surface area contributed by atoms with E-state index in [4.69, 9.17) is 0 Å². The Balaban J connectivity index is 2.44. The van der Waals surface area contributed by atoms with E-state index in [9.17, 15) is 9.59 Å². The summed E-state index contributed by atoms with van der Waals surface area (Å²) in [5.41, 5.74) is 0.389. The van der Waals surface area contributed by atoms with Gasteiger partial charge in [0, 0.05) is 17.1 Å². The standard InChI is InChI=1S/C12H14O2S2/c1-12(2,3)7-6-8(13)10-11(9(7)14)16-5-4-15-10/h6H,4-5H2,1-3H3. The van der Waals surface area contributed by atoms with Crippen molar-refractivity contribution in [1.29, 1.82) is 0 Å². The van der Waals surface area contributed by atoms with Crippen LogP contribution in [0.25, 0.3) is 0 Å². The summed E-state index contributed by atoms with van der Waals surface area (Å²) >= 11 is 3.04. The maximum atomic E-state index is 12.2. The van der Waals surface area contributed by atoms with Crippen molar-refractivity contribution in [1.82, 2.24) is 0 Å². The lowest BCUT2D eigenvalue weighted by molar-refractivity contribution is -0.115. The van der Waals surface area contributed by atoms with Crippen LogP contribution in [0.1, 0.15) is 20.8 Å². The molecule has 1 heterocycles. The average molecular weight is 254 g/mol. The van der Waals surface area contributed by atoms with Crippen molar-refractivity contribution in [3.05, 3.63) is 21.5 Å². The van der Waals surface area contributed by atoms with Crippen LogP contribution in [0.2, 0.25) is 0 Å². The predicted molar refractivity (Wildman–Crippen MR) is 69.5 cm³/mol. The SMILES string of the molecule is CC(C)(C)C1=CC(=O)C2=C(SCCS2)C1=O. The number of Topliss-reactive ketones (excluding diaryl/α,β-unsaturated/α-hetero) is 1. The highest BCUT2D eigenvalue weighted by Gasteiger charge is 2.35. The quantitative estimate of drug-likeness (QED) is 0.623. The van der Waals surface area contributed by atoms with Gasteiger partial charge in [-0.3, -0.25) is 9.59 Å². The summed E-state index contributed by atoms with van der Waals surface area (Å²) in [6.07, 6.45) is 1.53. The van der Waals surface area contributed by atoms with Crippen LogP contribution in [0, 0.1) is 5.41 Å². The Kier molecular flexibility index (Phi) is 3.05. The molecule has 0 atom stereocenters. The first-order valence-corrected chi connectivity index (χ1v) is 7.19. The third-order valence-electron chi connectivity index (χ3n) is 2.54. The number of hydrogen-bond acceptors (Lipinski definition) is 4. The van der Waals surface area contributed by atoms with Gasteiger partial charge in [-0.2, -0.15) is 0 Å². The van der Waals surface area contributed by atoms with Crippen molar-refractivity contribution in [2.45, 2.75) is 20.8 Å². The summed E-state index contributed by atoms with van der Waals surface area (Å²) in [6, 6.07) is 0. The van der Waals surface area contributed by atoms with Crippen molar-refractivity contribution in [3.63, 3.8) is 0 Å². The number of allylic oxidation sites excluding steroid dienone is 4. The van der Waals surface area contributed by atoms with E-state index in [1.54, 1.807) is 0 Å². The second kappa shape index (κ2) is 4.08. The van der Waals surface area contributed by atoms with Crippen LogP contribution in [0.4, 0.5) is 0 Å². The average Bonchev–Trinajstić information content (AvgIpc) is 2.22. The molecule has 2 rings (SSSR count). The zero-order valence-electron chi connectivity index (χ0n) is 9.62. The molecular weight excluding hydrogens is 240 g/mol. The molecule has 0 bridgehead atoms. The van der Waals surface area contributed by atoms with E-state index in [2.05, 4.69) is 0 Å². The van der Waals surface area contributed by atoms with E-state index < -0.39 is 0 Å². The van der Waals surface area contributed by atoms with Gasteiger partial charge in [0.1, 0.15) is 0 Å². The second-order valence-electron chi connectivity index (χ2n) is 4.86. The largest absolute Gasteiger partial charge is 0.289 e. The molecule has 4 heteroatoms. The molecule has 0 unspecified atom stereocenters. The highest BCUT2D eigenvalue weighted by atomic mass is 32.2. The number of carbonyl (C=O) groups is 2. The molecule has 16 heavy (non-hydrogen) atoms. The van der Waals surface area contributed by atoms with Crippen molar-refractivity contribution < 1.29 is 9.59 Å². The Morgan fingerprint density at radius 2 is 1.62 bits per heavy atom. The maximum Gasteiger partial charge on any atom is 0.197 e. The minimum Gasteiger partial charge on any atom is -0.289 e. The molecule has 86 valence electrons. The minimum absolute atomic E-state index is 0.0109. The zero-order chi connectivity index (χ0) is 11.9. The Morgan fingerprint density at radius 3 is 2.19 bits per heavy atom. The van der Waals surface area contributed by atoms with Gasteiger partial charge in [-0.25, -0.2) is 0 Å². The van der Waals surface area contributed by atoms with E-state index in [-0.39, 0.29) is 17.0 Å². The lowest BCUT2D eigenvalue weighted by atomic mass is 9.81. The zero-order valence-corrected chi connectivity index (χ0v) is 11.3. The van der Waals surface area contributed by atoms with E-state index in [0.29, 0.717) is 15.4 Å². The van der Waals surface area contributed by atoms with Crippen molar-refractivity contribution in [2.24, 2.45) is 5.41 Å². The van der Waals surface area contributed by atoms with E-state index in [1.165, 1.54) is 29.6 Å². The third-order valence-corrected chi connectivity index (χ3v) is 5.12. The van der Waals surface area contributed by atoms with Crippen LogP contribution in [0.3, 0.4) is 0 Å². The lowest BCUT2D eigenvalue weighted by Gasteiger charge is -2.28. The first-order valence-electron chi connectivity index (χ1n) is 5.22. The van der Waals surface area contributed by atoms with Gasteiger partial charge in [-0.1, -0.05) is 20.8 Å². The van der Waals surface area contributed by atoms with E-state index in [0.717, 1.165) is 11.5 Å². The Bertz CT molecular complexity index is 425. The molecule has 1 aliphatic heterocycles. The molecule has 2 aliphatic rings. The fourth-order valence-electron chi connectivity index (χ4n) is 1.71. The molecule has 0 radical (unpaired) electrons. The van der Waals surface area contributed by atoms with Crippen LogP contribution < -0.4 is 0 Å². The highest BCUT2D eigenvalue weighted by molar-refractivity contribution is 8.11. The monoisotopic (exact) mass is 254 g/mol. The molecule has 0 N–H and O–H groups in total. The van der Waals surface area contributed by atoms with Gasteiger partial charge in [-0.15, -0.1) is 23.5 Å². The highest BCUT2D eigenvalue weighted by Crippen LogP contribution is 2.42. The molecule has 0 aromatic rings. The van der Waals surface area contributed by atoms with Crippen molar-refractivity contribution in [2.75, 3.05) is 11.5 Å². The van der Waals surface area contributed by atoms with Gasteiger partial charge < -0.3 is 0 Å². The maximum absolute atomic E-state index is 12.2. The normalized spacial score (nSPS) is 22.1. The van der Waals surface area contributed by atoms with Crippen LogP contribution in [0.15, 0.2) is 21.5 Å². The molecule has 0 saturated carbocycles. The lowest BCUT2D eigenvalue weighted by Crippen LogP contribution is -2.26. The Morgan fingerprint density at radius 1 is 1.06 bits per heavy atom. The molecule has 0 fully saturated rings. The summed E-state index contributed by atoms with van der Waals surface area (Å²) in [4.78, 5) is 25.5. The number of rotatable bonds is 0. The van der Waals surface area contributed by atoms with Crippen LogP contribution in [-0.2, 0) is 9.59 Å². The minimum atomic E-state index is -0.256.